The number of rotatable bonds is 4. The van der Waals surface area contributed by atoms with Gasteiger partial charge >= 0.3 is 0 Å². The topological polar surface area (TPSA) is 25.8 Å². The lowest BCUT2D eigenvalue weighted by Gasteiger charge is -2.16. The number of aromatic nitrogens is 2. The van der Waals surface area contributed by atoms with Crippen molar-refractivity contribution < 1.29 is 0 Å². The van der Waals surface area contributed by atoms with Crippen LogP contribution in [0.15, 0.2) is 28.6 Å². The standard InChI is InChI=1S/C13H18N2S2Si/c1-10-14-13(17-15-10)16-9-11-5-7-12(8-6-11)18(2,3)4/h5-8H,9H2,1-4H3. The van der Waals surface area contributed by atoms with Gasteiger partial charge in [-0.1, -0.05) is 60.9 Å². The Morgan fingerprint density at radius 3 is 2.33 bits per heavy atom. The summed E-state index contributed by atoms with van der Waals surface area (Å²) in [6.07, 6.45) is 0. The van der Waals surface area contributed by atoms with Gasteiger partial charge in [0.25, 0.3) is 0 Å². The zero-order chi connectivity index (χ0) is 13.2. The summed E-state index contributed by atoms with van der Waals surface area (Å²) in [5.74, 6) is 1.84. The summed E-state index contributed by atoms with van der Waals surface area (Å²) in [6, 6.07) is 9.06. The summed E-state index contributed by atoms with van der Waals surface area (Å²) in [5, 5.41) is 1.52. The van der Waals surface area contributed by atoms with Gasteiger partial charge in [0.2, 0.25) is 0 Å². The summed E-state index contributed by atoms with van der Waals surface area (Å²) >= 11 is 3.25. The van der Waals surface area contributed by atoms with Crippen LogP contribution in [-0.4, -0.2) is 17.4 Å². The summed E-state index contributed by atoms with van der Waals surface area (Å²) in [5.41, 5.74) is 1.36. The van der Waals surface area contributed by atoms with Gasteiger partial charge in [0.15, 0.2) is 4.34 Å². The molecule has 0 fully saturated rings. The summed E-state index contributed by atoms with van der Waals surface area (Å²) in [6.45, 7) is 9.06. The van der Waals surface area contributed by atoms with Crippen LogP contribution in [0.25, 0.3) is 0 Å². The second-order valence-electron chi connectivity index (χ2n) is 5.34. The van der Waals surface area contributed by atoms with Crippen molar-refractivity contribution in [2.45, 2.75) is 36.7 Å². The molecule has 18 heavy (non-hydrogen) atoms. The summed E-state index contributed by atoms with van der Waals surface area (Å²) < 4.78 is 5.25. The molecule has 2 nitrogen and oxygen atoms in total. The third-order valence-electron chi connectivity index (χ3n) is 2.69. The molecule has 0 unspecified atom stereocenters. The lowest BCUT2D eigenvalue weighted by molar-refractivity contribution is 1.10. The van der Waals surface area contributed by atoms with Crippen molar-refractivity contribution in [3.8, 4) is 0 Å². The molecule has 0 N–H and O–H groups in total. The maximum atomic E-state index is 4.36. The SMILES string of the molecule is Cc1nsc(SCc2ccc([Si](C)(C)C)cc2)n1. The van der Waals surface area contributed by atoms with E-state index in [1.54, 1.807) is 11.8 Å². The Morgan fingerprint density at radius 1 is 1.17 bits per heavy atom. The highest BCUT2D eigenvalue weighted by Gasteiger charge is 2.15. The van der Waals surface area contributed by atoms with E-state index in [1.165, 1.54) is 22.3 Å². The van der Waals surface area contributed by atoms with Crippen molar-refractivity contribution >= 4 is 36.6 Å². The minimum atomic E-state index is -1.17. The molecule has 96 valence electrons. The highest BCUT2D eigenvalue weighted by Crippen LogP contribution is 2.23. The van der Waals surface area contributed by atoms with Crippen LogP contribution in [0.5, 0.6) is 0 Å². The predicted octanol–water partition coefficient (Wildman–Crippen LogP) is 3.68. The quantitative estimate of drug-likeness (QED) is 0.635. The maximum Gasteiger partial charge on any atom is 0.170 e. The molecule has 1 aromatic heterocycles. The third kappa shape index (κ3) is 3.67. The van der Waals surface area contributed by atoms with Gasteiger partial charge < -0.3 is 0 Å². The van der Waals surface area contributed by atoms with Crippen molar-refractivity contribution in [3.63, 3.8) is 0 Å². The van der Waals surface area contributed by atoms with Crippen LogP contribution in [0, 0.1) is 6.92 Å². The Labute approximate surface area is 118 Å². The fraction of sp³-hybridized carbons (Fsp3) is 0.385. The van der Waals surface area contributed by atoms with Gasteiger partial charge in [-0.15, -0.1) is 0 Å². The Bertz CT molecular complexity index is 515. The molecule has 0 saturated carbocycles. The van der Waals surface area contributed by atoms with E-state index in [0.29, 0.717) is 0 Å². The molecular formula is C13H18N2S2Si. The Balaban J connectivity index is 1.98. The van der Waals surface area contributed by atoms with Crippen LogP contribution in [0.3, 0.4) is 0 Å². The third-order valence-corrected chi connectivity index (χ3v) is 6.75. The molecule has 0 aliphatic carbocycles. The normalized spacial score (nSPS) is 11.8. The van der Waals surface area contributed by atoms with E-state index in [1.807, 2.05) is 6.92 Å². The fourth-order valence-electron chi connectivity index (χ4n) is 1.58. The van der Waals surface area contributed by atoms with Gasteiger partial charge in [0, 0.05) is 5.75 Å². The number of thioether (sulfide) groups is 1. The van der Waals surface area contributed by atoms with Gasteiger partial charge in [0.05, 0.1) is 8.07 Å². The Hall–Kier alpha value is -0.653. The van der Waals surface area contributed by atoms with Gasteiger partial charge in [-0.3, -0.25) is 0 Å². The lowest BCUT2D eigenvalue weighted by atomic mass is 10.2. The molecule has 1 aromatic carbocycles. The molecule has 0 bridgehead atoms. The molecule has 0 atom stereocenters. The molecule has 0 aliphatic rings. The van der Waals surface area contributed by atoms with E-state index in [9.17, 15) is 0 Å². The minimum absolute atomic E-state index is 0.872. The number of aryl methyl sites for hydroxylation is 1. The first-order valence-electron chi connectivity index (χ1n) is 5.98. The fourth-order valence-corrected chi connectivity index (χ4v) is 4.35. The van der Waals surface area contributed by atoms with Crippen LogP contribution in [0.4, 0.5) is 0 Å². The molecule has 0 amide bonds. The molecule has 0 saturated heterocycles. The van der Waals surface area contributed by atoms with E-state index >= 15 is 0 Å². The number of nitrogens with zero attached hydrogens (tertiary/aromatic N) is 2. The minimum Gasteiger partial charge on any atom is -0.213 e. The zero-order valence-corrected chi connectivity index (χ0v) is 13.9. The summed E-state index contributed by atoms with van der Waals surface area (Å²) in [7, 11) is -1.17. The van der Waals surface area contributed by atoms with E-state index in [4.69, 9.17) is 0 Å². The van der Waals surface area contributed by atoms with Crippen molar-refractivity contribution in [2.24, 2.45) is 0 Å². The van der Waals surface area contributed by atoms with Crippen molar-refractivity contribution in [2.75, 3.05) is 0 Å². The Morgan fingerprint density at radius 2 is 1.83 bits per heavy atom. The first-order chi connectivity index (χ1) is 8.45. The van der Waals surface area contributed by atoms with Crippen molar-refractivity contribution in [1.82, 2.24) is 9.36 Å². The monoisotopic (exact) mass is 294 g/mol. The summed E-state index contributed by atoms with van der Waals surface area (Å²) in [4.78, 5) is 4.36. The number of hydrogen-bond acceptors (Lipinski definition) is 4. The van der Waals surface area contributed by atoms with Crippen molar-refractivity contribution in [3.05, 3.63) is 35.7 Å². The molecule has 2 rings (SSSR count). The smallest absolute Gasteiger partial charge is 0.170 e. The van der Waals surface area contributed by atoms with Gasteiger partial charge in [0.1, 0.15) is 5.82 Å². The van der Waals surface area contributed by atoms with Crippen LogP contribution < -0.4 is 5.19 Å². The maximum absolute atomic E-state index is 4.36. The van der Waals surface area contributed by atoms with Crippen molar-refractivity contribution in [1.29, 1.82) is 0 Å². The molecule has 0 aliphatic heterocycles. The molecule has 0 radical (unpaired) electrons. The van der Waals surface area contributed by atoms with Crippen LogP contribution in [0.2, 0.25) is 19.6 Å². The van der Waals surface area contributed by atoms with Crippen LogP contribution in [0.1, 0.15) is 11.4 Å². The molecule has 5 heteroatoms. The van der Waals surface area contributed by atoms with Crippen LogP contribution in [-0.2, 0) is 5.75 Å². The average molecular weight is 295 g/mol. The van der Waals surface area contributed by atoms with Crippen LogP contribution >= 0.6 is 23.3 Å². The van der Waals surface area contributed by atoms with Gasteiger partial charge in [-0.2, -0.15) is 4.37 Å². The average Bonchev–Trinajstić information content (AvgIpc) is 2.72. The van der Waals surface area contributed by atoms with E-state index in [2.05, 4.69) is 53.3 Å². The first kappa shape index (κ1) is 13.8. The lowest BCUT2D eigenvalue weighted by Crippen LogP contribution is -2.37. The largest absolute Gasteiger partial charge is 0.213 e. The second kappa shape index (κ2) is 5.55. The molecule has 0 spiro atoms. The number of hydrogen-bond donors (Lipinski definition) is 0. The van der Waals surface area contributed by atoms with E-state index in [-0.39, 0.29) is 0 Å². The highest BCUT2D eigenvalue weighted by molar-refractivity contribution is 8.00. The zero-order valence-electron chi connectivity index (χ0n) is 11.2. The molecular weight excluding hydrogens is 276 g/mol. The van der Waals surface area contributed by atoms with Gasteiger partial charge in [-0.05, 0) is 24.0 Å². The first-order valence-corrected chi connectivity index (χ1v) is 11.2. The molecule has 1 heterocycles. The second-order valence-corrected chi connectivity index (χ2v) is 12.4. The Kier molecular flexibility index (Phi) is 4.24. The predicted molar refractivity (Wildman–Crippen MR) is 83.6 cm³/mol. The number of benzene rings is 1. The highest BCUT2D eigenvalue weighted by atomic mass is 32.2. The van der Waals surface area contributed by atoms with E-state index in [0.717, 1.165) is 15.9 Å². The van der Waals surface area contributed by atoms with E-state index < -0.39 is 8.07 Å². The molecule has 2 aromatic rings. The van der Waals surface area contributed by atoms with Gasteiger partial charge in [-0.25, -0.2) is 4.98 Å².